The number of nitrogens with zero attached hydrogens (tertiary/aromatic N) is 4. The molecule has 176 valence electrons. The summed E-state index contributed by atoms with van der Waals surface area (Å²) in [5.41, 5.74) is 1.75. The van der Waals surface area contributed by atoms with E-state index in [1.54, 1.807) is 44.8 Å². The number of fused-ring (bicyclic) bond motifs is 1. The molecular weight excluding hydrogens is 440 g/mol. The van der Waals surface area contributed by atoms with Gasteiger partial charge in [-0.2, -0.15) is 0 Å². The van der Waals surface area contributed by atoms with E-state index >= 15 is 0 Å². The number of aromatic nitrogens is 2. The first-order valence-electron chi connectivity index (χ1n) is 11.0. The molecule has 1 aliphatic rings. The van der Waals surface area contributed by atoms with E-state index in [-0.39, 0.29) is 5.91 Å². The smallest absolute Gasteiger partial charge is 0.254 e. The predicted octanol–water partition coefficient (Wildman–Crippen LogP) is 3.86. The summed E-state index contributed by atoms with van der Waals surface area (Å²) in [6, 6.07) is 3.41. The van der Waals surface area contributed by atoms with E-state index in [0.29, 0.717) is 49.0 Å². The normalized spacial score (nSPS) is 14.0. The van der Waals surface area contributed by atoms with Crippen molar-refractivity contribution in [2.75, 3.05) is 52.4 Å². The zero-order chi connectivity index (χ0) is 23.7. The second kappa shape index (κ2) is 9.43. The Morgan fingerprint density at radius 2 is 1.64 bits per heavy atom. The number of benzene rings is 1. The number of hydrogen-bond acceptors (Lipinski definition) is 8. The Balaban J connectivity index is 1.57. The van der Waals surface area contributed by atoms with E-state index in [4.69, 9.17) is 24.2 Å². The fraction of sp³-hybridized carbons (Fsp3) is 0.458. The monoisotopic (exact) mass is 470 g/mol. The molecule has 1 saturated heterocycles. The average Bonchev–Trinajstić information content (AvgIpc) is 3.14. The Morgan fingerprint density at radius 1 is 1.00 bits per heavy atom. The summed E-state index contributed by atoms with van der Waals surface area (Å²) >= 11 is 1.72. The van der Waals surface area contributed by atoms with Gasteiger partial charge < -0.3 is 24.0 Å². The van der Waals surface area contributed by atoms with Crippen LogP contribution in [0.4, 0.5) is 5.82 Å². The fourth-order valence-electron chi connectivity index (χ4n) is 4.17. The fourth-order valence-corrected chi connectivity index (χ4v) is 5.21. The third-order valence-corrected chi connectivity index (χ3v) is 7.25. The van der Waals surface area contributed by atoms with E-state index in [2.05, 4.69) is 25.7 Å². The number of hydrogen-bond donors (Lipinski definition) is 0. The van der Waals surface area contributed by atoms with Crippen LogP contribution in [0.3, 0.4) is 0 Å². The van der Waals surface area contributed by atoms with E-state index in [0.717, 1.165) is 28.3 Å². The molecule has 2 aromatic heterocycles. The van der Waals surface area contributed by atoms with Gasteiger partial charge in [0, 0.05) is 43.0 Å². The first-order valence-corrected chi connectivity index (χ1v) is 11.8. The Hall–Kier alpha value is -3.07. The minimum Gasteiger partial charge on any atom is -0.493 e. The molecule has 3 aromatic rings. The number of rotatable bonds is 6. The number of ether oxygens (including phenoxy) is 3. The standard InChI is InChI=1S/C24H30N4O4S/c1-7-19-25-22(20-14(2)15(3)33-23(20)26-19)27-8-10-28(11-9-27)24(29)16-12-17(30-4)21(32-6)18(13-16)31-5/h12-13H,7-11H2,1-6H3. The van der Waals surface area contributed by atoms with Gasteiger partial charge in [-0.25, -0.2) is 9.97 Å². The molecule has 1 amide bonds. The lowest BCUT2D eigenvalue weighted by atomic mass is 10.1. The van der Waals surface area contributed by atoms with Gasteiger partial charge in [0.05, 0.1) is 26.7 Å². The van der Waals surface area contributed by atoms with Crippen LogP contribution in [0.5, 0.6) is 17.2 Å². The molecular formula is C24H30N4O4S. The highest BCUT2D eigenvalue weighted by molar-refractivity contribution is 7.18. The van der Waals surface area contributed by atoms with Gasteiger partial charge in [0.1, 0.15) is 16.5 Å². The summed E-state index contributed by atoms with van der Waals surface area (Å²) in [6.07, 6.45) is 0.790. The lowest BCUT2D eigenvalue weighted by Crippen LogP contribution is -2.49. The molecule has 0 aliphatic carbocycles. The Bertz CT molecular complexity index is 1160. The van der Waals surface area contributed by atoms with E-state index in [9.17, 15) is 4.79 Å². The van der Waals surface area contributed by atoms with E-state index in [1.165, 1.54) is 10.4 Å². The maximum atomic E-state index is 13.3. The molecule has 8 nitrogen and oxygen atoms in total. The minimum absolute atomic E-state index is 0.0569. The number of carbonyl (C=O) groups is 1. The third kappa shape index (κ3) is 4.17. The molecule has 0 spiro atoms. The molecule has 0 radical (unpaired) electrons. The van der Waals surface area contributed by atoms with Crippen LogP contribution >= 0.6 is 11.3 Å². The summed E-state index contributed by atoms with van der Waals surface area (Å²) in [5.74, 6) is 3.20. The lowest BCUT2D eigenvalue weighted by molar-refractivity contribution is 0.0745. The van der Waals surface area contributed by atoms with Crippen molar-refractivity contribution < 1.29 is 19.0 Å². The van der Waals surface area contributed by atoms with Gasteiger partial charge in [-0.3, -0.25) is 4.79 Å². The zero-order valence-corrected chi connectivity index (χ0v) is 20.8. The summed E-state index contributed by atoms with van der Waals surface area (Å²) in [7, 11) is 4.64. The van der Waals surface area contributed by atoms with Crippen LogP contribution in [0.1, 0.15) is 33.5 Å². The largest absolute Gasteiger partial charge is 0.493 e. The lowest BCUT2D eigenvalue weighted by Gasteiger charge is -2.36. The maximum absolute atomic E-state index is 13.3. The Kier molecular flexibility index (Phi) is 6.60. The molecule has 1 aromatic carbocycles. The van der Waals surface area contributed by atoms with E-state index in [1.807, 2.05) is 4.90 Å². The summed E-state index contributed by atoms with van der Waals surface area (Å²) in [6.45, 7) is 8.96. The van der Waals surface area contributed by atoms with Gasteiger partial charge in [0.2, 0.25) is 5.75 Å². The number of anilines is 1. The highest BCUT2D eigenvalue weighted by Crippen LogP contribution is 2.39. The topological polar surface area (TPSA) is 77.0 Å². The van der Waals surface area contributed by atoms with Gasteiger partial charge in [-0.1, -0.05) is 6.92 Å². The van der Waals surface area contributed by atoms with Crippen molar-refractivity contribution >= 4 is 33.3 Å². The van der Waals surface area contributed by atoms with Gasteiger partial charge in [-0.15, -0.1) is 11.3 Å². The molecule has 1 aliphatic heterocycles. The maximum Gasteiger partial charge on any atom is 0.254 e. The number of aryl methyl sites for hydroxylation is 3. The SMILES string of the molecule is CCc1nc(N2CCN(C(=O)c3cc(OC)c(OC)c(OC)c3)CC2)c2c(C)c(C)sc2n1. The Labute approximate surface area is 198 Å². The average molecular weight is 471 g/mol. The summed E-state index contributed by atoms with van der Waals surface area (Å²) in [5, 5.41) is 1.14. The van der Waals surface area contributed by atoms with Crippen LogP contribution in [-0.4, -0.2) is 68.3 Å². The van der Waals surface area contributed by atoms with Crippen molar-refractivity contribution in [3.63, 3.8) is 0 Å². The van der Waals surface area contributed by atoms with Crippen LogP contribution in [0.25, 0.3) is 10.2 Å². The van der Waals surface area contributed by atoms with Crippen LogP contribution in [0, 0.1) is 13.8 Å². The predicted molar refractivity (Wildman–Crippen MR) is 130 cm³/mol. The summed E-state index contributed by atoms with van der Waals surface area (Å²) < 4.78 is 16.2. The van der Waals surface area contributed by atoms with E-state index < -0.39 is 0 Å². The second-order valence-corrected chi connectivity index (χ2v) is 9.18. The minimum atomic E-state index is -0.0569. The molecule has 0 bridgehead atoms. The highest BCUT2D eigenvalue weighted by atomic mass is 32.1. The zero-order valence-electron chi connectivity index (χ0n) is 20.0. The van der Waals surface area contributed by atoms with Gasteiger partial charge in [0.15, 0.2) is 11.5 Å². The van der Waals surface area contributed by atoms with Crippen molar-refractivity contribution in [3.8, 4) is 17.2 Å². The van der Waals surface area contributed by atoms with Crippen molar-refractivity contribution in [1.29, 1.82) is 0 Å². The van der Waals surface area contributed by atoms with Crippen molar-refractivity contribution in [3.05, 3.63) is 34.0 Å². The number of thiophene rings is 1. The first kappa shape index (κ1) is 23.1. The molecule has 9 heteroatoms. The number of carbonyl (C=O) groups excluding carboxylic acids is 1. The van der Waals surface area contributed by atoms with Crippen LogP contribution in [0.15, 0.2) is 12.1 Å². The molecule has 0 unspecified atom stereocenters. The van der Waals surface area contributed by atoms with Crippen molar-refractivity contribution in [2.24, 2.45) is 0 Å². The molecule has 4 rings (SSSR count). The molecule has 0 saturated carbocycles. The van der Waals surface area contributed by atoms with Crippen LogP contribution in [-0.2, 0) is 6.42 Å². The quantitative estimate of drug-likeness (QED) is 0.541. The summed E-state index contributed by atoms with van der Waals surface area (Å²) in [4.78, 5) is 29.4. The van der Waals surface area contributed by atoms with Crippen molar-refractivity contribution in [2.45, 2.75) is 27.2 Å². The molecule has 0 atom stereocenters. The van der Waals surface area contributed by atoms with Crippen LogP contribution < -0.4 is 19.1 Å². The number of piperazine rings is 1. The van der Waals surface area contributed by atoms with Gasteiger partial charge in [0.25, 0.3) is 5.91 Å². The van der Waals surface area contributed by atoms with Gasteiger partial charge >= 0.3 is 0 Å². The van der Waals surface area contributed by atoms with Crippen molar-refractivity contribution in [1.82, 2.24) is 14.9 Å². The molecule has 3 heterocycles. The Morgan fingerprint density at radius 3 is 2.18 bits per heavy atom. The number of methoxy groups -OCH3 is 3. The first-order chi connectivity index (χ1) is 15.9. The number of amides is 1. The second-order valence-electron chi connectivity index (χ2n) is 7.97. The van der Waals surface area contributed by atoms with Crippen LogP contribution in [0.2, 0.25) is 0 Å². The van der Waals surface area contributed by atoms with Gasteiger partial charge in [-0.05, 0) is 31.5 Å². The highest BCUT2D eigenvalue weighted by Gasteiger charge is 2.27. The molecule has 33 heavy (non-hydrogen) atoms. The molecule has 0 N–H and O–H groups in total. The molecule has 1 fully saturated rings. The third-order valence-electron chi connectivity index (χ3n) is 6.15.